The lowest BCUT2D eigenvalue weighted by molar-refractivity contribution is 0.203. The molecule has 1 rings (SSSR count). The van der Waals surface area contributed by atoms with E-state index in [0.29, 0.717) is 6.61 Å². The van der Waals surface area contributed by atoms with Crippen LogP contribution in [0.3, 0.4) is 0 Å². The predicted octanol–water partition coefficient (Wildman–Crippen LogP) is 1.76. The Labute approximate surface area is 113 Å². The highest BCUT2D eigenvalue weighted by atomic mass is 16.5. The van der Waals surface area contributed by atoms with E-state index in [0.717, 1.165) is 6.42 Å². The van der Waals surface area contributed by atoms with Crippen molar-refractivity contribution in [2.45, 2.75) is 47.1 Å². The fraction of sp³-hybridized carbons (Fsp3) is 0.750. The maximum absolute atomic E-state index is 5.51. The number of anilines is 1. The van der Waals surface area contributed by atoms with Gasteiger partial charge in [0.2, 0.25) is 5.95 Å². The quantitative estimate of drug-likeness (QED) is 0.600. The third-order valence-corrected chi connectivity index (χ3v) is 2.15. The lowest BCUT2D eigenvalue weighted by Crippen LogP contribution is -2.16. The van der Waals surface area contributed by atoms with Gasteiger partial charge in [0, 0.05) is 0 Å². The topological polar surface area (TPSA) is 95.2 Å². The van der Waals surface area contributed by atoms with E-state index in [1.165, 1.54) is 0 Å². The van der Waals surface area contributed by atoms with Crippen LogP contribution in [-0.2, 0) is 0 Å². The van der Waals surface area contributed by atoms with Gasteiger partial charge in [0.05, 0.1) is 12.7 Å². The van der Waals surface area contributed by atoms with Gasteiger partial charge in [-0.15, -0.1) is 4.98 Å². The molecule has 0 fully saturated rings. The summed E-state index contributed by atoms with van der Waals surface area (Å²) >= 11 is 0. The van der Waals surface area contributed by atoms with E-state index in [-0.39, 0.29) is 29.5 Å². The van der Waals surface area contributed by atoms with Crippen molar-refractivity contribution < 1.29 is 9.47 Å². The van der Waals surface area contributed by atoms with Gasteiger partial charge in [0.1, 0.15) is 0 Å². The van der Waals surface area contributed by atoms with E-state index >= 15 is 0 Å². The predicted molar refractivity (Wildman–Crippen MR) is 73.0 cm³/mol. The summed E-state index contributed by atoms with van der Waals surface area (Å²) in [5, 5.41) is 0. The van der Waals surface area contributed by atoms with Crippen LogP contribution >= 0.6 is 0 Å². The number of nitrogens with one attached hydrogen (secondary N) is 1. The minimum Gasteiger partial charge on any atom is -0.463 e. The van der Waals surface area contributed by atoms with Gasteiger partial charge in [-0.1, -0.05) is 20.8 Å². The molecule has 3 N–H and O–H groups in total. The van der Waals surface area contributed by atoms with Crippen molar-refractivity contribution in [2.75, 3.05) is 12.0 Å². The number of ether oxygens (including phenoxy) is 2. The summed E-state index contributed by atoms with van der Waals surface area (Å²) in [6.07, 6.45) is 0.861. The Kier molecular flexibility index (Phi) is 5.29. The number of nitrogens with two attached hydrogens (primary N) is 1. The van der Waals surface area contributed by atoms with Crippen LogP contribution in [0.4, 0.5) is 5.95 Å². The Hall–Kier alpha value is -1.63. The zero-order chi connectivity index (χ0) is 14.5. The number of hydrogen-bond acceptors (Lipinski definition) is 7. The molecule has 0 saturated carbocycles. The van der Waals surface area contributed by atoms with Gasteiger partial charge >= 0.3 is 12.0 Å². The number of aromatic nitrogens is 3. The van der Waals surface area contributed by atoms with Crippen LogP contribution in [0.5, 0.6) is 12.0 Å². The summed E-state index contributed by atoms with van der Waals surface area (Å²) in [6, 6.07) is 0.409. The second-order valence-corrected chi connectivity index (χ2v) is 5.69. The molecule has 0 aliphatic rings. The average molecular weight is 269 g/mol. The van der Waals surface area contributed by atoms with Crippen LogP contribution in [0.2, 0.25) is 0 Å². The zero-order valence-electron chi connectivity index (χ0n) is 12.2. The van der Waals surface area contributed by atoms with Crippen LogP contribution < -0.4 is 20.7 Å². The normalized spacial score (nSPS) is 11.5. The smallest absolute Gasteiger partial charge is 0.324 e. The van der Waals surface area contributed by atoms with Crippen LogP contribution in [0, 0.1) is 5.41 Å². The fourth-order valence-corrected chi connectivity index (χ4v) is 1.18. The number of hydrazine groups is 1. The Morgan fingerprint density at radius 1 is 1.16 bits per heavy atom. The first kappa shape index (κ1) is 15.4. The van der Waals surface area contributed by atoms with Crippen LogP contribution in [0.15, 0.2) is 0 Å². The third kappa shape index (κ3) is 6.19. The number of nitrogen functional groups attached to an aromatic ring is 1. The third-order valence-electron chi connectivity index (χ3n) is 2.15. The average Bonchev–Trinajstić information content (AvgIpc) is 2.26. The Morgan fingerprint density at radius 2 is 1.79 bits per heavy atom. The number of nitrogens with zero attached hydrogens (tertiary/aromatic N) is 3. The zero-order valence-corrected chi connectivity index (χ0v) is 12.2. The molecule has 0 amide bonds. The molecule has 19 heavy (non-hydrogen) atoms. The van der Waals surface area contributed by atoms with Crippen molar-refractivity contribution in [1.82, 2.24) is 15.0 Å². The van der Waals surface area contributed by atoms with E-state index in [1.54, 1.807) is 0 Å². The van der Waals surface area contributed by atoms with E-state index in [9.17, 15) is 0 Å². The first-order valence-corrected chi connectivity index (χ1v) is 6.32. The molecule has 7 heteroatoms. The van der Waals surface area contributed by atoms with E-state index < -0.39 is 0 Å². The molecular formula is C12H23N5O2. The molecule has 0 radical (unpaired) electrons. The monoisotopic (exact) mass is 269 g/mol. The number of hydrogen-bond donors (Lipinski definition) is 2. The summed E-state index contributed by atoms with van der Waals surface area (Å²) in [5.74, 6) is 5.52. The molecule has 108 valence electrons. The molecule has 0 spiro atoms. The second-order valence-electron chi connectivity index (χ2n) is 5.69. The van der Waals surface area contributed by atoms with Crippen molar-refractivity contribution >= 4 is 5.95 Å². The maximum atomic E-state index is 5.51. The minimum absolute atomic E-state index is 0.0320. The van der Waals surface area contributed by atoms with Gasteiger partial charge in [0.25, 0.3) is 0 Å². The maximum Gasteiger partial charge on any atom is 0.324 e. The highest BCUT2D eigenvalue weighted by Crippen LogP contribution is 2.19. The van der Waals surface area contributed by atoms with Crippen LogP contribution in [-0.4, -0.2) is 27.7 Å². The molecule has 1 aromatic heterocycles. The molecule has 7 nitrogen and oxygen atoms in total. The lowest BCUT2D eigenvalue weighted by atomic mass is 9.93. The Bertz CT molecular complexity index is 404. The van der Waals surface area contributed by atoms with Gasteiger partial charge in [-0.3, -0.25) is 5.43 Å². The molecule has 0 aliphatic carbocycles. The highest BCUT2D eigenvalue weighted by Gasteiger charge is 2.13. The molecule has 0 unspecified atom stereocenters. The van der Waals surface area contributed by atoms with Crippen molar-refractivity contribution in [1.29, 1.82) is 0 Å². The van der Waals surface area contributed by atoms with E-state index in [1.807, 2.05) is 13.8 Å². The van der Waals surface area contributed by atoms with Crippen LogP contribution in [0.25, 0.3) is 0 Å². The van der Waals surface area contributed by atoms with Crippen molar-refractivity contribution in [3.63, 3.8) is 0 Å². The first-order chi connectivity index (χ1) is 8.80. The molecule has 0 bridgehead atoms. The van der Waals surface area contributed by atoms with Crippen molar-refractivity contribution in [3.05, 3.63) is 0 Å². The molecule has 0 aromatic carbocycles. The lowest BCUT2D eigenvalue weighted by Gasteiger charge is -2.17. The minimum atomic E-state index is -0.0320. The first-order valence-electron chi connectivity index (χ1n) is 6.32. The van der Waals surface area contributed by atoms with Crippen LogP contribution in [0.1, 0.15) is 41.0 Å². The summed E-state index contributed by atoms with van der Waals surface area (Å²) in [4.78, 5) is 12.1. The van der Waals surface area contributed by atoms with Gasteiger partial charge in [-0.2, -0.15) is 9.97 Å². The van der Waals surface area contributed by atoms with Crippen molar-refractivity contribution in [3.8, 4) is 12.0 Å². The molecule has 0 atom stereocenters. The molecular weight excluding hydrogens is 246 g/mol. The van der Waals surface area contributed by atoms with E-state index in [4.69, 9.17) is 15.3 Å². The summed E-state index contributed by atoms with van der Waals surface area (Å²) in [7, 11) is 0. The SMILES string of the molecule is CC(C)Oc1nc(NN)nc(OCCC(C)(C)C)n1. The van der Waals surface area contributed by atoms with Crippen molar-refractivity contribution in [2.24, 2.45) is 11.3 Å². The van der Waals surface area contributed by atoms with E-state index in [2.05, 4.69) is 41.1 Å². The standard InChI is InChI=1S/C12H23N5O2/c1-8(2)19-11-15-9(17-13)14-10(16-11)18-7-6-12(3,4)5/h8H,6-7,13H2,1-5H3,(H,14,15,16,17). The van der Waals surface area contributed by atoms with Gasteiger partial charge in [-0.05, 0) is 25.7 Å². The fourth-order valence-electron chi connectivity index (χ4n) is 1.18. The summed E-state index contributed by atoms with van der Waals surface area (Å²) < 4.78 is 10.9. The molecule has 0 saturated heterocycles. The Morgan fingerprint density at radius 3 is 2.32 bits per heavy atom. The summed E-state index contributed by atoms with van der Waals surface area (Å²) in [6.45, 7) is 10.7. The van der Waals surface area contributed by atoms with Gasteiger partial charge in [-0.25, -0.2) is 5.84 Å². The Balaban J connectivity index is 2.71. The van der Waals surface area contributed by atoms with Gasteiger partial charge in [0.15, 0.2) is 0 Å². The molecule has 1 aromatic rings. The second kappa shape index (κ2) is 6.51. The highest BCUT2D eigenvalue weighted by molar-refractivity contribution is 5.25. The molecule has 1 heterocycles. The molecule has 0 aliphatic heterocycles. The number of rotatable bonds is 6. The largest absolute Gasteiger partial charge is 0.463 e. The summed E-state index contributed by atoms with van der Waals surface area (Å²) in [5.41, 5.74) is 2.56. The van der Waals surface area contributed by atoms with Gasteiger partial charge < -0.3 is 9.47 Å².